The van der Waals surface area contributed by atoms with Gasteiger partial charge in [0, 0.05) is 18.4 Å². The molecule has 1 heterocycles. The molecule has 1 saturated heterocycles. The number of hydrogen-bond donors (Lipinski definition) is 2. The molecule has 0 aromatic rings. The Bertz CT molecular complexity index is 820. The van der Waals surface area contributed by atoms with E-state index in [4.69, 9.17) is 4.74 Å². The van der Waals surface area contributed by atoms with Gasteiger partial charge in [-0.3, -0.25) is 0 Å². The minimum absolute atomic E-state index is 0.0187. The first kappa shape index (κ1) is 23.5. The highest BCUT2D eigenvalue weighted by Gasteiger charge is 2.50. The normalized spacial score (nSPS) is 41.2. The van der Waals surface area contributed by atoms with E-state index >= 15 is 0 Å². The fourth-order valence-electron chi connectivity index (χ4n) is 7.12. The number of allylic oxidation sites excluding steroid dienone is 3. The minimum atomic E-state index is -0.631. The average Bonchev–Trinajstić information content (AvgIpc) is 3.26. The molecule has 1 aliphatic heterocycles. The van der Waals surface area contributed by atoms with Crippen LogP contribution < -0.4 is 0 Å². The van der Waals surface area contributed by atoms with Gasteiger partial charge in [-0.15, -0.1) is 0 Å². The fourth-order valence-corrected chi connectivity index (χ4v) is 7.12. The molecule has 4 aliphatic rings. The summed E-state index contributed by atoms with van der Waals surface area (Å²) in [6.45, 7) is 12.8. The van der Waals surface area contributed by atoms with E-state index in [9.17, 15) is 15.0 Å². The molecule has 4 heteroatoms. The first-order valence-electron chi connectivity index (χ1n) is 12.5. The summed E-state index contributed by atoms with van der Waals surface area (Å²) in [7, 11) is 0. The average molecular weight is 441 g/mol. The van der Waals surface area contributed by atoms with Gasteiger partial charge >= 0.3 is 5.97 Å². The van der Waals surface area contributed by atoms with E-state index < -0.39 is 12.2 Å². The van der Waals surface area contributed by atoms with E-state index in [2.05, 4.69) is 39.2 Å². The summed E-state index contributed by atoms with van der Waals surface area (Å²) < 4.78 is 5.45. The summed E-state index contributed by atoms with van der Waals surface area (Å²) in [6, 6.07) is 0. The molecule has 0 radical (unpaired) electrons. The lowest BCUT2D eigenvalue weighted by molar-refractivity contribution is -0.139. The van der Waals surface area contributed by atoms with Gasteiger partial charge in [0.05, 0.1) is 12.2 Å². The van der Waals surface area contributed by atoms with Crippen LogP contribution >= 0.6 is 0 Å². The number of hydrogen-bond acceptors (Lipinski definition) is 4. The van der Waals surface area contributed by atoms with Gasteiger partial charge in [-0.05, 0) is 85.7 Å². The molecule has 0 aromatic carbocycles. The number of fused-ring (bicyclic) bond motifs is 1. The van der Waals surface area contributed by atoms with Gasteiger partial charge in [-0.1, -0.05) is 44.7 Å². The maximum Gasteiger partial charge on any atom is 0.333 e. The van der Waals surface area contributed by atoms with Crippen LogP contribution in [0, 0.1) is 23.2 Å². The van der Waals surface area contributed by atoms with Crippen LogP contribution in [0.15, 0.2) is 47.6 Å². The van der Waals surface area contributed by atoms with Crippen LogP contribution in [0.5, 0.6) is 0 Å². The number of rotatable bonds is 5. The number of aliphatic hydroxyl groups excluding tert-OH is 2. The minimum Gasteiger partial charge on any atom is -0.459 e. The molecule has 0 bridgehead atoms. The lowest BCUT2D eigenvalue weighted by Gasteiger charge is -2.44. The van der Waals surface area contributed by atoms with Gasteiger partial charge in [-0.2, -0.15) is 0 Å². The second-order valence-corrected chi connectivity index (χ2v) is 11.1. The van der Waals surface area contributed by atoms with Gasteiger partial charge < -0.3 is 14.9 Å². The maximum absolute atomic E-state index is 11.6. The van der Waals surface area contributed by atoms with Crippen molar-refractivity contribution in [2.24, 2.45) is 23.2 Å². The maximum atomic E-state index is 11.6. The smallest absolute Gasteiger partial charge is 0.333 e. The Morgan fingerprint density at radius 2 is 2.00 bits per heavy atom. The van der Waals surface area contributed by atoms with E-state index in [1.165, 1.54) is 31.3 Å². The Balaban J connectivity index is 1.43. The molecular weight excluding hydrogens is 400 g/mol. The standard InChI is InChI=1S/C28H40O4/c1-17(7-10-23-14-18(2)27(31)32-23)24-11-12-25-20(6-5-13-28(24,25)4)8-9-21-15-22(29)16-26(30)19(21)3/h8-9,17,22-26,29-30H,2-3,5-7,10-16H2,1,4H3/b20-8+,21-9-/t17-,22-,23?,24-,25?,26+,28-/m1/s1. The highest BCUT2D eigenvalue weighted by molar-refractivity contribution is 5.89. The van der Waals surface area contributed by atoms with Crippen LogP contribution in [0.25, 0.3) is 0 Å². The van der Waals surface area contributed by atoms with E-state index in [1.807, 2.05) is 0 Å². The van der Waals surface area contributed by atoms with Gasteiger partial charge in [-0.25, -0.2) is 4.79 Å². The van der Waals surface area contributed by atoms with Gasteiger partial charge in [0.15, 0.2) is 0 Å². The van der Waals surface area contributed by atoms with Gasteiger partial charge in [0.2, 0.25) is 0 Å². The lowest BCUT2D eigenvalue weighted by Crippen LogP contribution is -2.36. The Morgan fingerprint density at radius 3 is 2.72 bits per heavy atom. The third-order valence-corrected chi connectivity index (χ3v) is 8.97. The first-order valence-corrected chi connectivity index (χ1v) is 12.5. The molecule has 4 nitrogen and oxygen atoms in total. The summed E-state index contributed by atoms with van der Waals surface area (Å²) in [5.74, 6) is 1.69. The van der Waals surface area contributed by atoms with Crippen LogP contribution in [-0.4, -0.2) is 34.5 Å². The van der Waals surface area contributed by atoms with Crippen molar-refractivity contribution in [2.45, 2.75) is 96.4 Å². The van der Waals surface area contributed by atoms with Crippen molar-refractivity contribution in [3.63, 3.8) is 0 Å². The molecule has 2 N–H and O–H groups in total. The Kier molecular flexibility index (Phi) is 6.84. The summed E-state index contributed by atoms with van der Waals surface area (Å²) >= 11 is 0. The molecule has 32 heavy (non-hydrogen) atoms. The van der Waals surface area contributed by atoms with Crippen molar-refractivity contribution in [1.82, 2.24) is 0 Å². The Labute approximate surface area is 193 Å². The molecule has 3 aliphatic carbocycles. The van der Waals surface area contributed by atoms with Crippen molar-refractivity contribution in [1.29, 1.82) is 0 Å². The highest BCUT2D eigenvalue weighted by atomic mass is 16.5. The molecule has 4 fully saturated rings. The predicted molar refractivity (Wildman–Crippen MR) is 127 cm³/mol. The van der Waals surface area contributed by atoms with E-state index in [-0.39, 0.29) is 12.1 Å². The van der Waals surface area contributed by atoms with Crippen molar-refractivity contribution in [2.75, 3.05) is 0 Å². The third-order valence-electron chi connectivity index (χ3n) is 8.97. The van der Waals surface area contributed by atoms with Crippen LogP contribution in [0.3, 0.4) is 0 Å². The van der Waals surface area contributed by atoms with Crippen LogP contribution in [0.2, 0.25) is 0 Å². The Morgan fingerprint density at radius 1 is 1.22 bits per heavy atom. The lowest BCUT2D eigenvalue weighted by atomic mass is 9.60. The molecule has 0 spiro atoms. The quantitative estimate of drug-likeness (QED) is 0.443. The number of ether oxygens (including phenoxy) is 1. The van der Waals surface area contributed by atoms with Crippen LogP contribution in [0.4, 0.5) is 0 Å². The molecule has 176 valence electrons. The van der Waals surface area contributed by atoms with Gasteiger partial charge in [0.25, 0.3) is 0 Å². The molecule has 2 unspecified atom stereocenters. The zero-order valence-corrected chi connectivity index (χ0v) is 19.8. The van der Waals surface area contributed by atoms with Crippen LogP contribution in [-0.2, 0) is 9.53 Å². The largest absolute Gasteiger partial charge is 0.459 e. The number of aliphatic hydroxyl groups is 2. The zero-order valence-electron chi connectivity index (χ0n) is 19.8. The number of esters is 1. The van der Waals surface area contributed by atoms with Crippen molar-refractivity contribution >= 4 is 5.97 Å². The van der Waals surface area contributed by atoms with Crippen molar-refractivity contribution in [3.05, 3.63) is 47.6 Å². The molecule has 0 aromatic heterocycles. The molecular formula is C28H40O4. The fraction of sp³-hybridized carbons (Fsp3) is 0.679. The van der Waals surface area contributed by atoms with Crippen molar-refractivity contribution in [3.8, 4) is 0 Å². The zero-order chi connectivity index (χ0) is 23.0. The second-order valence-electron chi connectivity index (χ2n) is 11.1. The number of cyclic esters (lactones) is 1. The number of carbonyl (C=O) groups is 1. The Hall–Kier alpha value is -1.65. The second kappa shape index (κ2) is 9.30. The molecule has 3 saturated carbocycles. The third kappa shape index (κ3) is 4.54. The SMILES string of the molecule is C=C1CC(CC[C@@H](C)[C@H]2CCC3/C(=C/C=C4/C[C@@H](O)C[C@H](O)C4=C)CCC[C@@]32C)OC1=O. The first-order chi connectivity index (χ1) is 15.2. The van der Waals surface area contributed by atoms with Crippen LogP contribution in [0.1, 0.15) is 78.1 Å². The van der Waals surface area contributed by atoms with E-state index in [1.54, 1.807) is 0 Å². The van der Waals surface area contributed by atoms with Crippen molar-refractivity contribution < 1.29 is 19.7 Å². The predicted octanol–water partition coefficient (Wildman–Crippen LogP) is 5.42. The molecule has 7 atom stereocenters. The highest BCUT2D eigenvalue weighted by Crippen LogP contribution is 2.60. The van der Waals surface area contributed by atoms with E-state index in [0.717, 1.165) is 30.4 Å². The topological polar surface area (TPSA) is 66.8 Å². The van der Waals surface area contributed by atoms with E-state index in [0.29, 0.717) is 48.0 Å². The summed E-state index contributed by atoms with van der Waals surface area (Å²) in [6.07, 6.45) is 13.1. The molecule has 0 amide bonds. The van der Waals surface area contributed by atoms with Gasteiger partial charge in [0.1, 0.15) is 6.10 Å². The summed E-state index contributed by atoms with van der Waals surface area (Å²) in [4.78, 5) is 11.6. The summed E-state index contributed by atoms with van der Waals surface area (Å²) in [5, 5.41) is 20.2. The monoisotopic (exact) mass is 440 g/mol. The number of carbonyl (C=O) groups excluding carboxylic acids is 1. The molecule has 4 rings (SSSR count). The summed E-state index contributed by atoms with van der Waals surface area (Å²) in [5.41, 5.74) is 4.22.